The molecule has 0 bridgehead atoms. The zero-order chi connectivity index (χ0) is 30.9. The molecular weight excluding hydrogens is 522 g/mol. The number of rotatable bonds is 32. The summed E-state index contributed by atoms with van der Waals surface area (Å²) in [4.78, 5) is 29.3. The third-order valence-electron chi connectivity index (χ3n) is 8.18. The molecular formula is C35H71N5O2. The van der Waals surface area contributed by atoms with E-state index < -0.39 is 6.04 Å². The van der Waals surface area contributed by atoms with E-state index >= 15 is 0 Å². The molecule has 0 saturated carbocycles. The van der Waals surface area contributed by atoms with Gasteiger partial charge in [-0.15, -0.1) is 0 Å². The van der Waals surface area contributed by atoms with Crippen LogP contribution in [0.2, 0.25) is 0 Å². The maximum absolute atomic E-state index is 12.7. The summed E-state index contributed by atoms with van der Waals surface area (Å²) >= 11 is 0. The van der Waals surface area contributed by atoms with Crippen molar-refractivity contribution in [3.63, 3.8) is 0 Å². The summed E-state index contributed by atoms with van der Waals surface area (Å²) < 4.78 is 0. The summed E-state index contributed by atoms with van der Waals surface area (Å²) in [5, 5.41) is 5.97. The second-order valence-corrected chi connectivity index (χ2v) is 12.4. The van der Waals surface area contributed by atoms with Gasteiger partial charge in [0.05, 0.1) is 0 Å². The minimum atomic E-state index is -0.525. The van der Waals surface area contributed by atoms with Crippen LogP contribution in [-0.2, 0) is 9.59 Å². The Morgan fingerprint density at radius 3 is 1.40 bits per heavy atom. The Hall–Kier alpha value is -1.79. The van der Waals surface area contributed by atoms with Gasteiger partial charge in [0.1, 0.15) is 6.04 Å². The highest BCUT2D eigenvalue weighted by molar-refractivity contribution is 5.87. The van der Waals surface area contributed by atoms with Crippen molar-refractivity contribution in [2.45, 2.75) is 193 Å². The van der Waals surface area contributed by atoms with Gasteiger partial charge in [-0.05, 0) is 25.7 Å². The number of carbonyl (C=O) groups excluding carboxylic acids is 2. The molecule has 0 rings (SSSR count). The van der Waals surface area contributed by atoms with Crippen LogP contribution in [0.1, 0.15) is 187 Å². The number of aliphatic imine (C=N–C) groups is 1. The largest absolute Gasteiger partial charge is 0.370 e. The summed E-state index contributed by atoms with van der Waals surface area (Å²) in [5.74, 6) is -0.0833. The van der Waals surface area contributed by atoms with Crippen molar-refractivity contribution < 1.29 is 9.59 Å². The molecule has 6 N–H and O–H groups in total. The molecule has 0 aliphatic rings. The fraction of sp³-hybridized carbons (Fsp3) is 0.914. The van der Waals surface area contributed by atoms with E-state index in [4.69, 9.17) is 11.5 Å². The van der Waals surface area contributed by atoms with E-state index in [1.807, 2.05) is 0 Å². The first-order chi connectivity index (χ1) is 20.5. The highest BCUT2D eigenvalue weighted by Gasteiger charge is 2.19. The lowest BCUT2D eigenvalue weighted by Crippen LogP contribution is -2.47. The lowest BCUT2D eigenvalue weighted by Gasteiger charge is -2.18. The Labute approximate surface area is 260 Å². The standard InChI is InChI=1S/C35H71N5O2/c1-3-5-7-9-10-11-12-13-14-15-16-17-18-19-20-21-22-23-25-29-33(41)40-32(28-27-31-39-35(36)37)34(42)38-30-26-24-8-6-4-2/h32H,3-31H2,1-2H3,(H,38,42)(H,40,41)(H4,36,37,39)/t32-/m0/s1. The van der Waals surface area contributed by atoms with Gasteiger partial charge in [0.2, 0.25) is 11.8 Å². The third kappa shape index (κ3) is 29.7. The quantitative estimate of drug-likeness (QED) is 0.0355. The van der Waals surface area contributed by atoms with Gasteiger partial charge in [-0.2, -0.15) is 0 Å². The van der Waals surface area contributed by atoms with E-state index in [1.54, 1.807) is 0 Å². The Kier molecular flexibility index (Phi) is 30.8. The van der Waals surface area contributed by atoms with Gasteiger partial charge in [-0.25, -0.2) is 0 Å². The van der Waals surface area contributed by atoms with E-state index in [9.17, 15) is 9.59 Å². The molecule has 0 aromatic carbocycles. The van der Waals surface area contributed by atoms with E-state index in [0.717, 1.165) is 25.7 Å². The van der Waals surface area contributed by atoms with Crippen molar-refractivity contribution in [1.29, 1.82) is 0 Å². The molecule has 0 aromatic rings. The fourth-order valence-electron chi connectivity index (χ4n) is 5.47. The van der Waals surface area contributed by atoms with Gasteiger partial charge in [0.25, 0.3) is 0 Å². The van der Waals surface area contributed by atoms with Crippen molar-refractivity contribution >= 4 is 17.8 Å². The minimum absolute atomic E-state index is 0.0353. The molecule has 7 nitrogen and oxygen atoms in total. The van der Waals surface area contributed by atoms with Gasteiger partial charge in [-0.3, -0.25) is 14.6 Å². The Morgan fingerprint density at radius 1 is 0.571 bits per heavy atom. The van der Waals surface area contributed by atoms with Crippen LogP contribution in [0.5, 0.6) is 0 Å². The van der Waals surface area contributed by atoms with Gasteiger partial charge in [0, 0.05) is 19.5 Å². The van der Waals surface area contributed by atoms with Crippen LogP contribution in [0.4, 0.5) is 0 Å². The van der Waals surface area contributed by atoms with Crippen LogP contribution in [0.25, 0.3) is 0 Å². The SMILES string of the molecule is CCCCCCCCCCCCCCCCCCCCCC(=O)N[C@@H](CCCN=C(N)N)C(=O)NCCCCCCC. The first-order valence-corrected chi connectivity index (χ1v) is 18.1. The molecule has 0 aromatic heterocycles. The number of unbranched alkanes of at least 4 members (excludes halogenated alkanes) is 22. The van der Waals surface area contributed by atoms with E-state index in [1.165, 1.54) is 128 Å². The van der Waals surface area contributed by atoms with E-state index in [0.29, 0.717) is 32.4 Å². The summed E-state index contributed by atoms with van der Waals surface area (Å²) in [5.41, 5.74) is 10.8. The number of guanidine groups is 1. The number of hydrogen-bond donors (Lipinski definition) is 4. The van der Waals surface area contributed by atoms with Gasteiger partial charge < -0.3 is 22.1 Å². The average molecular weight is 594 g/mol. The van der Waals surface area contributed by atoms with Crippen LogP contribution in [0, 0.1) is 0 Å². The first kappa shape index (κ1) is 40.2. The highest BCUT2D eigenvalue weighted by atomic mass is 16.2. The molecule has 42 heavy (non-hydrogen) atoms. The molecule has 2 amide bonds. The molecule has 0 aliphatic carbocycles. The summed E-state index contributed by atoms with van der Waals surface area (Å²) in [7, 11) is 0. The minimum Gasteiger partial charge on any atom is -0.370 e. The van der Waals surface area contributed by atoms with Crippen molar-refractivity contribution in [2.75, 3.05) is 13.1 Å². The normalized spacial score (nSPS) is 11.8. The Bertz CT molecular complexity index is 637. The Morgan fingerprint density at radius 2 is 0.976 bits per heavy atom. The highest BCUT2D eigenvalue weighted by Crippen LogP contribution is 2.15. The predicted molar refractivity (Wildman–Crippen MR) is 182 cm³/mol. The molecule has 0 fully saturated rings. The number of nitrogens with two attached hydrogens (primary N) is 2. The lowest BCUT2D eigenvalue weighted by molar-refractivity contribution is -0.129. The van der Waals surface area contributed by atoms with Crippen LogP contribution in [0.15, 0.2) is 4.99 Å². The maximum Gasteiger partial charge on any atom is 0.242 e. The second kappa shape index (κ2) is 32.1. The second-order valence-electron chi connectivity index (χ2n) is 12.4. The smallest absolute Gasteiger partial charge is 0.242 e. The zero-order valence-corrected chi connectivity index (χ0v) is 28.0. The fourth-order valence-corrected chi connectivity index (χ4v) is 5.47. The predicted octanol–water partition coefficient (Wildman–Crippen LogP) is 8.43. The zero-order valence-electron chi connectivity index (χ0n) is 28.0. The monoisotopic (exact) mass is 594 g/mol. The molecule has 0 spiro atoms. The van der Waals surface area contributed by atoms with Gasteiger partial charge in [-0.1, -0.05) is 155 Å². The number of hydrogen-bond acceptors (Lipinski definition) is 3. The summed E-state index contributed by atoms with van der Waals surface area (Å²) in [6, 6.07) is -0.525. The number of carbonyl (C=O) groups is 2. The lowest BCUT2D eigenvalue weighted by atomic mass is 10.0. The molecule has 0 saturated heterocycles. The van der Waals surface area contributed by atoms with Crippen molar-refractivity contribution in [2.24, 2.45) is 16.5 Å². The summed E-state index contributed by atoms with van der Waals surface area (Å²) in [6.07, 6.45) is 32.8. The maximum atomic E-state index is 12.7. The Balaban J connectivity index is 3.83. The molecule has 0 heterocycles. The average Bonchev–Trinajstić information content (AvgIpc) is 2.97. The van der Waals surface area contributed by atoms with Crippen molar-refractivity contribution in [3.05, 3.63) is 0 Å². The van der Waals surface area contributed by atoms with Crippen LogP contribution in [-0.4, -0.2) is 36.9 Å². The third-order valence-corrected chi connectivity index (χ3v) is 8.18. The molecule has 7 heteroatoms. The van der Waals surface area contributed by atoms with Crippen molar-refractivity contribution in [1.82, 2.24) is 10.6 Å². The van der Waals surface area contributed by atoms with E-state index in [-0.39, 0.29) is 17.8 Å². The molecule has 1 atom stereocenters. The van der Waals surface area contributed by atoms with Gasteiger partial charge in [0.15, 0.2) is 5.96 Å². The number of nitrogens with zero attached hydrogens (tertiary/aromatic N) is 1. The van der Waals surface area contributed by atoms with Gasteiger partial charge >= 0.3 is 0 Å². The number of nitrogens with one attached hydrogen (secondary N) is 2. The number of amides is 2. The topological polar surface area (TPSA) is 123 Å². The van der Waals surface area contributed by atoms with Crippen LogP contribution in [0.3, 0.4) is 0 Å². The van der Waals surface area contributed by atoms with Crippen LogP contribution < -0.4 is 22.1 Å². The molecule has 0 radical (unpaired) electrons. The van der Waals surface area contributed by atoms with Crippen LogP contribution >= 0.6 is 0 Å². The van der Waals surface area contributed by atoms with Crippen molar-refractivity contribution in [3.8, 4) is 0 Å². The van der Waals surface area contributed by atoms with E-state index in [2.05, 4.69) is 29.5 Å². The molecule has 0 unspecified atom stereocenters. The molecule has 248 valence electrons. The summed E-state index contributed by atoms with van der Waals surface area (Å²) in [6.45, 7) is 5.59. The first-order valence-electron chi connectivity index (χ1n) is 18.1. The molecule has 0 aliphatic heterocycles.